The second kappa shape index (κ2) is 48.4. The van der Waals surface area contributed by atoms with Gasteiger partial charge in [-0.05, 0) is 253 Å². The molecule has 1 nitrogen and oxygen atoms in total. The van der Waals surface area contributed by atoms with Crippen molar-refractivity contribution in [3.05, 3.63) is 200 Å². The van der Waals surface area contributed by atoms with Crippen LogP contribution in [0.2, 0.25) is 0 Å². The Hall–Kier alpha value is -4.75. The monoisotopic (exact) mass is 1150 g/mol. The van der Waals surface area contributed by atoms with Crippen molar-refractivity contribution in [3.8, 4) is 0 Å². The SMILES string of the molecule is CC(=CCC1=C(C)CCCC1(C)C)C/C=C\CCCC(C)C.CC(=O)C=C(C)CC/C=C(/C)CCC=C(C)CCC=C(C)C.CC(C=CC1=C(C)CCCC1(C)C)=C/C=C\C(C)=CCC(C)C.CC=CC=CC(C)=C/C=C\C(C)=CCC(C)C. The van der Waals surface area contributed by atoms with Gasteiger partial charge in [0.15, 0.2) is 5.78 Å². The summed E-state index contributed by atoms with van der Waals surface area (Å²) in [6.07, 6.45) is 69.4. The van der Waals surface area contributed by atoms with Crippen LogP contribution < -0.4 is 0 Å². The number of carbonyl (C=O) groups is 1. The maximum Gasteiger partial charge on any atom is 0.152 e. The molecule has 2 aliphatic carbocycles. The molecule has 0 amide bonds. The minimum absolute atomic E-state index is 0.145. The standard InChI is InChI=1S/C23H36.C22H38.C21H34O.C17H26/c1-18(2)13-14-19(3)10-8-11-20(4)15-16-22-21(5)12-9-17-23(22,6)7;1-18(2)12-9-7-8-10-13-19(3)15-16-21-20(4)14-11-17-22(21,5)6;1-17(2)10-7-11-18(3)12-8-13-19(4)14-9-15-20(5)16-21(6)22;1-6-7-8-10-16(4)11-9-12-17(5)14-13-15(2)3/h8,10-11,14-16,18H,9,12-13,17H2,1-7H3;8,10,15,18H,7,9,11-14,16-17H2,1-6H3;10,12,14,16H,7-9,11,13,15H2,1-6H3;6-12,14-15H,13H2,1-5H3/b10-8-,16-15?,19-14?,20-11?;10-8-,19-15?;18-12?,19-14-,20-16?;7-6?,10-8?,12-9-,16-11?,17-14?. The zero-order chi connectivity index (χ0) is 64.1. The van der Waals surface area contributed by atoms with Crippen LogP contribution >= 0.6 is 0 Å². The second-order valence-electron chi connectivity index (χ2n) is 27.7. The quantitative estimate of drug-likeness (QED) is 0.0303. The lowest BCUT2D eigenvalue weighted by molar-refractivity contribution is -0.112. The van der Waals surface area contributed by atoms with Gasteiger partial charge in [-0.1, -0.05) is 264 Å². The van der Waals surface area contributed by atoms with Crippen LogP contribution in [0.4, 0.5) is 0 Å². The molecule has 0 N–H and O–H groups in total. The van der Waals surface area contributed by atoms with Gasteiger partial charge in [0.1, 0.15) is 0 Å². The van der Waals surface area contributed by atoms with Gasteiger partial charge in [-0.15, -0.1) is 0 Å². The Morgan fingerprint density at radius 1 is 0.500 bits per heavy atom. The van der Waals surface area contributed by atoms with E-state index in [1.54, 1.807) is 29.7 Å². The number of unbranched alkanes of at least 4 members (excludes halogenated alkanes) is 1. The van der Waals surface area contributed by atoms with Crippen molar-refractivity contribution in [1.82, 2.24) is 0 Å². The van der Waals surface area contributed by atoms with E-state index in [4.69, 9.17) is 0 Å². The lowest BCUT2D eigenvalue weighted by Gasteiger charge is -2.34. The van der Waals surface area contributed by atoms with E-state index in [-0.39, 0.29) is 5.78 Å². The highest BCUT2D eigenvalue weighted by atomic mass is 16.1. The van der Waals surface area contributed by atoms with Crippen LogP contribution in [0.25, 0.3) is 0 Å². The number of allylic oxidation sites excluding steroid dienone is 34. The number of ketones is 1. The van der Waals surface area contributed by atoms with Crippen molar-refractivity contribution in [2.45, 2.75) is 288 Å². The highest BCUT2D eigenvalue weighted by Crippen LogP contribution is 2.42. The van der Waals surface area contributed by atoms with Crippen LogP contribution in [0.3, 0.4) is 0 Å². The highest BCUT2D eigenvalue weighted by molar-refractivity contribution is 5.87. The Balaban J connectivity index is 0. The Kier molecular flexibility index (Phi) is 46.8. The van der Waals surface area contributed by atoms with Crippen molar-refractivity contribution >= 4 is 5.78 Å². The lowest BCUT2D eigenvalue weighted by Crippen LogP contribution is -2.20. The normalized spacial score (nSPS) is 17.2. The summed E-state index contributed by atoms with van der Waals surface area (Å²) in [6.45, 7) is 53.1. The van der Waals surface area contributed by atoms with Gasteiger partial charge in [-0.3, -0.25) is 4.79 Å². The third kappa shape index (κ3) is 47.5. The molecular weight excluding hydrogens is 1010 g/mol. The Labute approximate surface area is 524 Å². The van der Waals surface area contributed by atoms with E-state index in [9.17, 15) is 4.79 Å². The third-order valence-corrected chi connectivity index (χ3v) is 15.7. The molecule has 0 aromatic heterocycles. The minimum Gasteiger partial charge on any atom is -0.295 e. The van der Waals surface area contributed by atoms with Gasteiger partial charge in [0.2, 0.25) is 0 Å². The van der Waals surface area contributed by atoms with Gasteiger partial charge in [-0.2, -0.15) is 0 Å². The van der Waals surface area contributed by atoms with E-state index < -0.39 is 0 Å². The molecule has 0 saturated carbocycles. The van der Waals surface area contributed by atoms with Crippen LogP contribution in [0, 0.1) is 28.6 Å². The van der Waals surface area contributed by atoms with Crippen LogP contribution in [0.15, 0.2) is 200 Å². The molecule has 0 radical (unpaired) electrons. The summed E-state index contributed by atoms with van der Waals surface area (Å²) >= 11 is 0. The summed E-state index contributed by atoms with van der Waals surface area (Å²) < 4.78 is 0. The molecule has 0 saturated heterocycles. The molecule has 2 aliphatic rings. The minimum atomic E-state index is 0.145. The molecule has 1 heteroatoms. The van der Waals surface area contributed by atoms with Crippen LogP contribution in [-0.2, 0) is 4.79 Å². The van der Waals surface area contributed by atoms with Crippen molar-refractivity contribution in [2.24, 2.45) is 28.6 Å². The third-order valence-electron chi connectivity index (χ3n) is 15.7. The first-order valence-corrected chi connectivity index (χ1v) is 33.2. The summed E-state index contributed by atoms with van der Waals surface area (Å²) in [5, 5.41) is 0. The predicted molar refractivity (Wildman–Crippen MR) is 386 cm³/mol. The average molecular weight is 1150 g/mol. The maximum atomic E-state index is 11.0. The summed E-state index contributed by atoms with van der Waals surface area (Å²) in [4.78, 5) is 11.0. The average Bonchev–Trinajstić information content (AvgIpc) is 3.53. The molecule has 0 spiro atoms. The van der Waals surface area contributed by atoms with Crippen molar-refractivity contribution in [3.63, 3.8) is 0 Å². The van der Waals surface area contributed by atoms with E-state index in [1.165, 1.54) is 120 Å². The molecule has 472 valence electrons. The molecule has 0 aromatic carbocycles. The number of rotatable bonds is 30. The van der Waals surface area contributed by atoms with E-state index in [0.29, 0.717) is 10.8 Å². The molecule has 0 unspecified atom stereocenters. The Morgan fingerprint density at radius 2 is 0.988 bits per heavy atom. The van der Waals surface area contributed by atoms with E-state index in [0.717, 1.165) is 75.5 Å². The van der Waals surface area contributed by atoms with E-state index >= 15 is 0 Å². The van der Waals surface area contributed by atoms with Gasteiger partial charge in [0, 0.05) is 0 Å². The number of carbonyl (C=O) groups excluding carboxylic acids is 1. The first-order chi connectivity index (χ1) is 39.4. The molecule has 0 bridgehead atoms. The zero-order valence-corrected chi connectivity index (χ0v) is 59.7. The van der Waals surface area contributed by atoms with Crippen molar-refractivity contribution < 1.29 is 4.79 Å². The van der Waals surface area contributed by atoms with Gasteiger partial charge in [-0.25, -0.2) is 0 Å². The predicted octanol–water partition coefficient (Wildman–Crippen LogP) is 27.5. The molecule has 0 aromatic rings. The van der Waals surface area contributed by atoms with Crippen LogP contribution in [0.1, 0.15) is 288 Å². The number of hydrogen-bond donors (Lipinski definition) is 0. The second-order valence-corrected chi connectivity index (χ2v) is 27.7. The van der Waals surface area contributed by atoms with Crippen LogP contribution in [0.5, 0.6) is 0 Å². The first-order valence-electron chi connectivity index (χ1n) is 33.2. The van der Waals surface area contributed by atoms with Gasteiger partial charge < -0.3 is 0 Å². The summed E-state index contributed by atoms with van der Waals surface area (Å²) in [5.41, 5.74) is 19.4. The fourth-order valence-corrected chi connectivity index (χ4v) is 10.2. The van der Waals surface area contributed by atoms with Crippen molar-refractivity contribution in [2.75, 3.05) is 0 Å². The fraction of sp³-hybridized carbons (Fsp3) is 0.578. The maximum absolute atomic E-state index is 11.0. The van der Waals surface area contributed by atoms with E-state index in [2.05, 4.69) is 255 Å². The largest absolute Gasteiger partial charge is 0.295 e. The van der Waals surface area contributed by atoms with Crippen LogP contribution in [-0.4, -0.2) is 5.78 Å². The lowest BCUT2D eigenvalue weighted by atomic mass is 9.71. The molecule has 84 heavy (non-hydrogen) atoms. The van der Waals surface area contributed by atoms with E-state index in [1.807, 2.05) is 26.0 Å². The summed E-state index contributed by atoms with van der Waals surface area (Å²) in [7, 11) is 0. The molecule has 2 rings (SSSR count). The fourth-order valence-electron chi connectivity index (χ4n) is 10.2. The highest BCUT2D eigenvalue weighted by Gasteiger charge is 2.28. The number of hydrogen-bond acceptors (Lipinski definition) is 1. The first kappa shape index (κ1) is 81.3. The van der Waals surface area contributed by atoms with Gasteiger partial charge in [0.05, 0.1) is 0 Å². The van der Waals surface area contributed by atoms with Crippen molar-refractivity contribution in [1.29, 1.82) is 0 Å². The zero-order valence-electron chi connectivity index (χ0n) is 59.7. The molecule has 0 atom stereocenters. The molecule has 0 fully saturated rings. The van der Waals surface area contributed by atoms with Gasteiger partial charge >= 0.3 is 0 Å². The molecule has 0 aliphatic heterocycles. The smallest absolute Gasteiger partial charge is 0.152 e. The summed E-state index contributed by atoms with van der Waals surface area (Å²) in [5.74, 6) is 2.45. The Bertz CT molecular complexity index is 2410. The molecular formula is C83H134O. The van der Waals surface area contributed by atoms with Gasteiger partial charge in [0.25, 0.3) is 0 Å². The molecule has 0 heterocycles. The summed E-state index contributed by atoms with van der Waals surface area (Å²) in [6, 6.07) is 0. The Morgan fingerprint density at radius 3 is 1.46 bits per heavy atom. The topological polar surface area (TPSA) is 17.1 Å².